The van der Waals surface area contributed by atoms with Gasteiger partial charge in [0.05, 0.1) is 12.4 Å². The summed E-state index contributed by atoms with van der Waals surface area (Å²) in [5.41, 5.74) is 2.45. The second-order valence-corrected chi connectivity index (χ2v) is 4.91. The van der Waals surface area contributed by atoms with Gasteiger partial charge in [0.1, 0.15) is 11.0 Å². The van der Waals surface area contributed by atoms with E-state index in [1.807, 2.05) is 4.68 Å². The molecule has 1 aliphatic heterocycles. The van der Waals surface area contributed by atoms with Crippen molar-refractivity contribution in [2.75, 3.05) is 0 Å². The van der Waals surface area contributed by atoms with E-state index in [1.165, 1.54) is 12.6 Å². The van der Waals surface area contributed by atoms with Gasteiger partial charge in [0.15, 0.2) is 0 Å². The average molecular weight is 266 g/mol. The molecule has 3 heterocycles. The van der Waals surface area contributed by atoms with Crippen molar-refractivity contribution >= 4 is 11.6 Å². The lowest BCUT2D eigenvalue weighted by molar-refractivity contribution is 0.576. The van der Waals surface area contributed by atoms with Crippen LogP contribution in [0.5, 0.6) is 0 Å². The van der Waals surface area contributed by atoms with Crippen molar-refractivity contribution in [1.29, 1.82) is 0 Å². The zero-order chi connectivity index (χ0) is 12.5. The van der Waals surface area contributed by atoms with Gasteiger partial charge in [0, 0.05) is 23.4 Å². The van der Waals surface area contributed by atoms with Crippen LogP contribution in [0.3, 0.4) is 0 Å². The molecule has 0 aromatic carbocycles. The third-order valence-corrected chi connectivity index (χ3v) is 3.55. The second-order valence-electron chi connectivity index (χ2n) is 4.53. The van der Waals surface area contributed by atoms with Gasteiger partial charge in [-0.1, -0.05) is 18.0 Å². The van der Waals surface area contributed by atoms with Gasteiger partial charge in [-0.2, -0.15) is 5.10 Å². The summed E-state index contributed by atoms with van der Waals surface area (Å²) in [6, 6.07) is 1.57. The maximum atomic E-state index is 13.8. The van der Waals surface area contributed by atoms with Gasteiger partial charge in [-0.05, 0) is 25.3 Å². The van der Waals surface area contributed by atoms with Crippen LogP contribution in [0.1, 0.15) is 25.0 Å². The average Bonchev–Trinajstić information content (AvgIpc) is 2.61. The Kier molecular flexibility index (Phi) is 3.04. The first-order valence-electron chi connectivity index (χ1n) is 6.12. The van der Waals surface area contributed by atoms with Crippen LogP contribution in [0.2, 0.25) is 5.15 Å². The van der Waals surface area contributed by atoms with Crippen molar-refractivity contribution in [3.8, 4) is 11.1 Å². The highest BCUT2D eigenvalue weighted by Gasteiger charge is 2.17. The Labute approximate surface area is 110 Å². The molecule has 0 saturated heterocycles. The highest BCUT2D eigenvalue weighted by Crippen LogP contribution is 2.30. The lowest BCUT2D eigenvalue weighted by atomic mass is 10.0. The molecule has 3 nitrogen and oxygen atoms in total. The molecule has 1 aliphatic rings. The number of nitrogens with zero attached hydrogens (tertiary/aromatic N) is 3. The number of aromatic nitrogens is 3. The third-order valence-electron chi connectivity index (χ3n) is 3.34. The van der Waals surface area contributed by atoms with E-state index in [0.29, 0.717) is 10.7 Å². The Balaban J connectivity index is 2.12. The summed E-state index contributed by atoms with van der Waals surface area (Å²) in [6.45, 7) is 0.912. The standard InChI is InChI=1S/C13H13ClFN3/c14-13-6-9(11(15)8-16-13)10-7-17-18-5-3-1-2-4-12(10)18/h6-8H,1-5H2. The minimum absolute atomic E-state index is 0.306. The van der Waals surface area contributed by atoms with Gasteiger partial charge in [-0.3, -0.25) is 4.68 Å². The number of halogens is 2. The highest BCUT2D eigenvalue weighted by atomic mass is 35.5. The molecule has 0 radical (unpaired) electrons. The third kappa shape index (κ3) is 2.01. The largest absolute Gasteiger partial charge is 0.269 e. The van der Waals surface area contributed by atoms with Crippen molar-refractivity contribution in [3.05, 3.63) is 35.1 Å². The van der Waals surface area contributed by atoms with E-state index < -0.39 is 0 Å². The first-order valence-corrected chi connectivity index (χ1v) is 6.49. The van der Waals surface area contributed by atoms with Gasteiger partial charge < -0.3 is 0 Å². The molecule has 2 aromatic rings. The molecule has 3 rings (SSSR count). The van der Waals surface area contributed by atoms with Crippen LogP contribution in [0, 0.1) is 5.82 Å². The molecule has 0 unspecified atom stereocenters. The van der Waals surface area contributed by atoms with Crippen LogP contribution in [-0.2, 0) is 13.0 Å². The molecule has 0 amide bonds. The molecule has 94 valence electrons. The van der Waals surface area contributed by atoms with Crippen LogP contribution in [0.15, 0.2) is 18.5 Å². The Morgan fingerprint density at radius 3 is 2.94 bits per heavy atom. The summed E-state index contributed by atoms with van der Waals surface area (Å²) in [7, 11) is 0. The quantitative estimate of drug-likeness (QED) is 0.739. The molecule has 0 bridgehead atoms. The number of hydrogen-bond acceptors (Lipinski definition) is 2. The first kappa shape index (κ1) is 11.7. The number of hydrogen-bond donors (Lipinski definition) is 0. The van der Waals surface area contributed by atoms with E-state index in [1.54, 1.807) is 12.3 Å². The van der Waals surface area contributed by atoms with Crippen molar-refractivity contribution < 1.29 is 4.39 Å². The van der Waals surface area contributed by atoms with Gasteiger partial charge in [-0.25, -0.2) is 9.37 Å². The molecular weight excluding hydrogens is 253 g/mol. The lowest BCUT2D eigenvalue weighted by Crippen LogP contribution is -2.02. The summed E-state index contributed by atoms with van der Waals surface area (Å²) in [6.07, 6.45) is 7.29. The second kappa shape index (κ2) is 4.69. The minimum Gasteiger partial charge on any atom is -0.269 e. The van der Waals surface area contributed by atoms with Crippen molar-refractivity contribution in [2.45, 2.75) is 32.2 Å². The van der Waals surface area contributed by atoms with E-state index in [2.05, 4.69) is 10.1 Å². The zero-order valence-electron chi connectivity index (χ0n) is 9.87. The molecule has 0 spiro atoms. The molecule has 18 heavy (non-hydrogen) atoms. The van der Waals surface area contributed by atoms with E-state index in [4.69, 9.17) is 11.6 Å². The van der Waals surface area contributed by atoms with Crippen LogP contribution >= 0.6 is 11.6 Å². The Morgan fingerprint density at radius 1 is 1.17 bits per heavy atom. The maximum Gasteiger partial charge on any atom is 0.149 e. The van der Waals surface area contributed by atoms with Gasteiger partial charge in [0.25, 0.3) is 0 Å². The Bertz CT molecular complexity index is 580. The summed E-state index contributed by atoms with van der Waals surface area (Å²) in [4.78, 5) is 3.74. The smallest absolute Gasteiger partial charge is 0.149 e. The van der Waals surface area contributed by atoms with Crippen LogP contribution in [-0.4, -0.2) is 14.8 Å². The lowest BCUT2D eigenvalue weighted by Gasteiger charge is -2.06. The first-order chi connectivity index (χ1) is 8.75. The normalized spacial score (nSPS) is 15.2. The maximum absolute atomic E-state index is 13.8. The Morgan fingerprint density at radius 2 is 2.06 bits per heavy atom. The van der Waals surface area contributed by atoms with Gasteiger partial charge in [0.2, 0.25) is 0 Å². The van der Waals surface area contributed by atoms with E-state index in [0.717, 1.165) is 37.1 Å². The predicted octanol–water partition coefficient (Wildman–Crippen LogP) is 3.46. The SMILES string of the molecule is Fc1cnc(Cl)cc1-c1cnn2c1CCCCC2. The predicted molar refractivity (Wildman–Crippen MR) is 68.0 cm³/mol. The molecule has 0 atom stereocenters. The van der Waals surface area contributed by atoms with E-state index in [9.17, 15) is 4.39 Å². The fourth-order valence-electron chi connectivity index (χ4n) is 2.44. The monoisotopic (exact) mass is 265 g/mol. The number of rotatable bonds is 1. The van der Waals surface area contributed by atoms with Gasteiger partial charge in [-0.15, -0.1) is 0 Å². The topological polar surface area (TPSA) is 30.7 Å². The van der Waals surface area contributed by atoms with Crippen molar-refractivity contribution in [3.63, 3.8) is 0 Å². The van der Waals surface area contributed by atoms with Crippen LogP contribution in [0.25, 0.3) is 11.1 Å². The summed E-state index contributed by atoms with van der Waals surface area (Å²) >= 11 is 5.84. The molecule has 2 aromatic heterocycles. The summed E-state index contributed by atoms with van der Waals surface area (Å²) in [5.74, 6) is -0.348. The fourth-order valence-corrected chi connectivity index (χ4v) is 2.60. The van der Waals surface area contributed by atoms with E-state index >= 15 is 0 Å². The zero-order valence-corrected chi connectivity index (χ0v) is 10.6. The summed E-state index contributed by atoms with van der Waals surface area (Å²) < 4.78 is 15.8. The molecule has 0 aliphatic carbocycles. The van der Waals surface area contributed by atoms with Gasteiger partial charge >= 0.3 is 0 Å². The highest BCUT2D eigenvalue weighted by molar-refractivity contribution is 6.29. The molecule has 0 fully saturated rings. The molecular formula is C13H13ClFN3. The summed E-state index contributed by atoms with van der Waals surface area (Å²) in [5, 5.41) is 4.66. The Hall–Kier alpha value is -1.42. The van der Waals surface area contributed by atoms with Crippen LogP contribution in [0.4, 0.5) is 4.39 Å². The fraction of sp³-hybridized carbons (Fsp3) is 0.385. The van der Waals surface area contributed by atoms with Crippen molar-refractivity contribution in [2.24, 2.45) is 0 Å². The minimum atomic E-state index is -0.348. The number of aryl methyl sites for hydroxylation is 1. The van der Waals surface area contributed by atoms with E-state index in [-0.39, 0.29) is 5.82 Å². The molecule has 0 saturated carbocycles. The number of fused-ring (bicyclic) bond motifs is 1. The van der Waals surface area contributed by atoms with Crippen molar-refractivity contribution in [1.82, 2.24) is 14.8 Å². The van der Waals surface area contributed by atoms with Crippen LogP contribution < -0.4 is 0 Å². The number of pyridine rings is 1. The molecule has 5 heteroatoms. The molecule has 0 N–H and O–H groups in total.